The quantitative estimate of drug-likeness (QED) is 0.0555. The van der Waals surface area contributed by atoms with Crippen LogP contribution in [0.25, 0.3) is 0 Å². The highest BCUT2D eigenvalue weighted by Gasteiger charge is 2.09. The summed E-state index contributed by atoms with van der Waals surface area (Å²) >= 11 is 0. The van der Waals surface area contributed by atoms with E-state index in [1.165, 1.54) is 186 Å². The maximum Gasteiger partial charge on any atom is 0.257 e. The van der Waals surface area contributed by atoms with Gasteiger partial charge < -0.3 is 5.73 Å². The fourth-order valence-electron chi connectivity index (χ4n) is 6.34. The van der Waals surface area contributed by atoms with Crippen molar-refractivity contribution in [2.75, 3.05) is 0 Å². The van der Waals surface area contributed by atoms with E-state index >= 15 is 0 Å². The monoisotopic (exact) mass is 697 g/mol. The standard InChI is InChI=1S/C25H41NO2.C20H39NO/c1-2-3-4-5-6-7-8-9-10-11-12-13-14-15-19-22-24(27)26-25(28)23-20-17-16-18-21-23;1-2-3-4-5-6-7-8-9-10-11-12-13-14-15-16-17-18-19-20(21)22/h16-18,20-21H,2-15,19,22H2,1H3,(H,26,27,28);18-19H,2-17H2,1H3,(H2,21,22). The molecular weight excluding hydrogens is 617 g/mol. The van der Waals surface area contributed by atoms with Crippen molar-refractivity contribution >= 4 is 17.7 Å². The lowest BCUT2D eigenvalue weighted by atomic mass is 10.0. The fraction of sp³-hybridized carbons (Fsp3) is 0.756. The van der Waals surface area contributed by atoms with Gasteiger partial charge in [-0.3, -0.25) is 19.7 Å². The summed E-state index contributed by atoms with van der Waals surface area (Å²) in [6, 6.07) is 8.89. The van der Waals surface area contributed by atoms with E-state index in [0.717, 1.165) is 19.3 Å². The van der Waals surface area contributed by atoms with Gasteiger partial charge >= 0.3 is 0 Å². The first-order chi connectivity index (χ1) is 24.5. The molecule has 288 valence electrons. The second kappa shape index (κ2) is 39.4. The third-order valence-corrected chi connectivity index (χ3v) is 9.55. The molecule has 5 heteroatoms. The zero-order chi connectivity index (χ0) is 36.6. The highest BCUT2D eigenvalue weighted by Crippen LogP contribution is 2.15. The fourth-order valence-corrected chi connectivity index (χ4v) is 6.34. The van der Waals surface area contributed by atoms with Gasteiger partial charge in [-0.2, -0.15) is 0 Å². The van der Waals surface area contributed by atoms with Gasteiger partial charge in [0.05, 0.1) is 0 Å². The van der Waals surface area contributed by atoms with Gasteiger partial charge in [0.25, 0.3) is 5.91 Å². The van der Waals surface area contributed by atoms with Crippen LogP contribution in [-0.2, 0) is 9.59 Å². The molecule has 3 amide bonds. The predicted molar refractivity (Wildman–Crippen MR) is 216 cm³/mol. The first-order valence-corrected chi connectivity index (χ1v) is 21.4. The Hall–Kier alpha value is -2.43. The molecule has 0 heterocycles. The third-order valence-electron chi connectivity index (χ3n) is 9.55. The van der Waals surface area contributed by atoms with Gasteiger partial charge in [0.1, 0.15) is 0 Å². The van der Waals surface area contributed by atoms with Crippen molar-refractivity contribution in [2.45, 2.75) is 219 Å². The van der Waals surface area contributed by atoms with Gasteiger partial charge in [0.2, 0.25) is 11.8 Å². The van der Waals surface area contributed by atoms with Crippen molar-refractivity contribution in [1.82, 2.24) is 5.32 Å². The molecule has 50 heavy (non-hydrogen) atoms. The summed E-state index contributed by atoms with van der Waals surface area (Å²) in [5, 5.41) is 2.47. The number of carbonyl (C=O) groups excluding carboxylic acids is 3. The van der Waals surface area contributed by atoms with E-state index < -0.39 is 0 Å². The first-order valence-electron chi connectivity index (χ1n) is 21.4. The van der Waals surface area contributed by atoms with Crippen LogP contribution in [0.3, 0.4) is 0 Å². The van der Waals surface area contributed by atoms with E-state index in [2.05, 4.69) is 19.2 Å². The van der Waals surface area contributed by atoms with E-state index in [0.29, 0.717) is 12.0 Å². The minimum absolute atomic E-state index is 0.163. The molecule has 0 spiro atoms. The van der Waals surface area contributed by atoms with Crippen molar-refractivity contribution < 1.29 is 14.4 Å². The van der Waals surface area contributed by atoms with E-state index in [-0.39, 0.29) is 17.7 Å². The summed E-state index contributed by atoms with van der Waals surface area (Å²) in [5.41, 5.74) is 5.57. The number of nitrogens with two attached hydrogens (primary N) is 1. The summed E-state index contributed by atoms with van der Waals surface area (Å²) in [6.45, 7) is 4.55. The van der Waals surface area contributed by atoms with Crippen LogP contribution in [0.4, 0.5) is 0 Å². The smallest absolute Gasteiger partial charge is 0.257 e. The molecule has 0 saturated carbocycles. The molecule has 5 nitrogen and oxygen atoms in total. The topological polar surface area (TPSA) is 89.3 Å². The second-order valence-electron chi connectivity index (χ2n) is 14.5. The average Bonchev–Trinajstić information content (AvgIpc) is 3.11. The number of hydrogen-bond donors (Lipinski definition) is 2. The number of rotatable bonds is 34. The maximum atomic E-state index is 11.9. The molecule has 0 aliphatic heterocycles. The van der Waals surface area contributed by atoms with Gasteiger partial charge in [-0.15, -0.1) is 0 Å². The Bertz CT molecular complexity index is 914. The number of amides is 3. The summed E-state index contributed by atoms with van der Waals surface area (Å²) in [4.78, 5) is 34.2. The molecule has 0 fully saturated rings. The van der Waals surface area contributed by atoms with E-state index in [9.17, 15) is 14.4 Å². The summed E-state index contributed by atoms with van der Waals surface area (Å²) in [6.07, 6.45) is 45.3. The molecule has 0 aliphatic rings. The second-order valence-corrected chi connectivity index (χ2v) is 14.5. The Balaban J connectivity index is 0.000000991. The number of nitrogens with one attached hydrogen (secondary N) is 1. The molecule has 0 unspecified atom stereocenters. The Labute approximate surface area is 309 Å². The summed E-state index contributed by atoms with van der Waals surface area (Å²) in [5.74, 6) is -0.795. The van der Waals surface area contributed by atoms with Crippen LogP contribution in [0.2, 0.25) is 0 Å². The molecule has 0 bridgehead atoms. The van der Waals surface area contributed by atoms with Crippen LogP contribution in [0.1, 0.15) is 230 Å². The molecule has 1 rings (SSSR count). The van der Waals surface area contributed by atoms with E-state index in [4.69, 9.17) is 5.73 Å². The van der Waals surface area contributed by atoms with Gasteiger partial charge in [-0.25, -0.2) is 0 Å². The van der Waals surface area contributed by atoms with Crippen LogP contribution >= 0.6 is 0 Å². The van der Waals surface area contributed by atoms with Gasteiger partial charge in [-0.05, 0) is 37.5 Å². The zero-order valence-corrected chi connectivity index (χ0v) is 33.0. The van der Waals surface area contributed by atoms with Crippen LogP contribution < -0.4 is 11.1 Å². The van der Waals surface area contributed by atoms with E-state index in [1.54, 1.807) is 24.3 Å². The predicted octanol–water partition coefficient (Wildman–Crippen LogP) is 13.5. The summed E-state index contributed by atoms with van der Waals surface area (Å²) in [7, 11) is 0. The number of primary amides is 1. The molecule has 1 aromatic carbocycles. The molecule has 0 radical (unpaired) electrons. The number of hydrogen-bond acceptors (Lipinski definition) is 3. The Morgan fingerprint density at radius 3 is 1.20 bits per heavy atom. The van der Waals surface area contributed by atoms with Crippen molar-refractivity contribution in [3.8, 4) is 0 Å². The molecular formula is C45H80N2O3. The normalized spacial score (nSPS) is 11.0. The molecule has 0 aliphatic carbocycles. The van der Waals surface area contributed by atoms with Crippen LogP contribution in [0.5, 0.6) is 0 Å². The average molecular weight is 697 g/mol. The first kappa shape index (κ1) is 47.6. The zero-order valence-electron chi connectivity index (χ0n) is 33.0. The lowest BCUT2D eigenvalue weighted by molar-refractivity contribution is -0.120. The van der Waals surface area contributed by atoms with Gasteiger partial charge in [0.15, 0.2) is 0 Å². The number of imide groups is 1. The molecule has 0 saturated heterocycles. The van der Waals surface area contributed by atoms with E-state index in [1.807, 2.05) is 12.1 Å². The number of benzene rings is 1. The minimum Gasteiger partial charge on any atom is -0.366 e. The van der Waals surface area contributed by atoms with Crippen LogP contribution in [-0.4, -0.2) is 17.7 Å². The molecule has 1 aromatic rings. The third kappa shape index (κ3) is 36.8. The lowest BCUT2D eigenvalue weighted by Gasteiger charge is -2.05. The SMILES string of the molecule is CCCCCCCCCCCCCCCCCC(=O)NC(=O)c1ccccc1.CCCCCCCCCCCCCCCCCC=CC(N)=O. The van der Waals surface area contributed by atoms with Gasteiger partial charge in [-0.1, -0.05) is 218 Å². The molecule has 0 aromatic heterocycles. The van der Waals surface area contributed by atoms with Gasteiger partial charge in [0, 0.05) is 12.0 Å². The highest BCUT2D eigenvalue weighted by atomic mass is 16.2. The summed E-state index contributed by atoms with van der Waals surface area (Å²) < 4.78 is 0. The van der Waals surface area contributed by atoms with Crippen molar-refractivity contribution in [1.29, 1.82) is 0 Å². The number of allylic oxidation sites excluding steroid dienone is 1. The largest absolute Gasteiger partial charge is 0.366 e. The lowest BCUT2D eigenvalue weighted by Crippen LogP contribution is -2.30. The van der Waals surface area contributed by atoms with Crippen molar-refractivity contribution in [3.05, 3.63) is 48.0 Å². The number of carbonyl (C=O) groups is 3. The molecule has 3 N–H and O–H groups in total. The Morgan fingerprint density at radius 2 is 0.840 bits per heavy atom. The minimum atomic E-state index is -0.332. The number of unbranched alkanes of at least 4 members (excludes halogenated alkanes) is 29. The Kier molecular flexibility index (Phi) is 37.4. The Morgan fingerprint density at radius 1 is 0.500 bits per heavy atom. The molecule has 0 atom stereocenters. The van der Waals surface area contributed by atoms with Crippen LogP contribution in [0, 0.1) is 0 Å². The maximum absolute atomic E-state index is 11.9. The van der Waals surface area contributed by atoms with Crippen molar-refractivity contribution in [3.63, 3.8) is 0 Å². The van der Waals surface area contributed by atoms with Crippen LogP contribution in [0.15, 0.2) is 42.5 Å². The van der Waals surface area contributed by atoms with Crippen molar-refractivity contribution in [2.24, 2.45) is 5.73 Å². The highest BCUT2D eigenvalue weighted by molar-refractivity contribution is 6.04.